The van der Waals surface area contributed by atoms with E-state index < -0.39 is 11.5 Å². The fourth-order valence-electron chi connectivity index (χ4n) is 3.73. The Morgan fingerprint density at radius 1 is 1.50 bits per heavy atom. The van der Waals surface area contributed by atoms with E-state index in [2.05, 4.69) is 11.8 Å². The molecule has 5 nitrogen and oxygen atoms in total. The number of methoxy groups -OCH3 is 1. The monoisotopic (exact) mass is 284 g/mol. The summed E-state index contributed by atoms with van der Waals surface area (Å²) in [5.41, 5.74) is 5.10. The Labute approximate surface area is 121 Å². The number of hydrogen-bond donors (Lipinski definition) is 2. The van der Waals surface area contributed by atoms with Crippen molar-refractivity contribution in [2.75, 3.05) is 26.7 Å². The van der Waals surface area contributed by atoms with Crippen LogP contribution in [0.3, 0.4) is 0 Å². The second-order valence-corrected chi connectivity index (χ2v) is 6.56. The van der Waals surface area contributed by atoms with Crippen molar-refractivity contribution in [2.45, 2.75) is 50.7 Å². The molecular weight excluding hydrogens is 256 g/mol. The molecule has 1 heterocycles. The number of rotatable bonds is 5. The molecule has 4 unspecified atom stereocenters. The van der Waals surface area contributed by atoms with Crippen molar-refractivity contribution in [3.8, 4) is 0 Å². The smallest absolute Gasteiger partial charge is 0.323 e. The summed E-state index contributed by atoms with van der Waals surface area (Å²) in [6, 6.07) is 0. The molecule has 4 atom stereocenters. The normalized spacial score (nSPS) is 39.0. The molecule has 0 radical (unpaired) electrons. The fourth-order valence-corrected chi connectivity index (χ4v) is 3.73. The van der Waals surface area contributed by atoms with Crippen LogP contribution in [0, 0.1) is 11.8 Å². The maximum absolute atomic E-state index is 11.4. The molecule has 3 N–H and O–H groups in total. The van der Waals surface area contributed by atoms with E-state index in [0.717, 1.165) is 45.3 Å². The number of aliphatic carboxylic acids is 1. The van der Waals surface area contributed by atoms with Gasteiger partial charge in [-0.1, -0.05) is 13.3 Å². The maximum Gasteiger partial charge on any atom is 0.323 e. The molecule has 2 aliphatic rings. The van der Waals surface area contributed by atoms with Crippen LogP contribution in [0.2, 0.25) is 0 Å². The van der Waals surface area contributed by atoms with E-state index in [1.54, 1.807) is 7.11 Å². The first-order chi connectivity index (χ1) is 9.47. The van der Waals surface area contributed by atoms with E-state index in [-0.39, 0.29) is 5.92 Å². The van der Waals surface area contributed by atoms with Gasteiger partial charge in [0.05, 0.1) is 6.10 Å². The number of likely N-dealkylation sites (tertiary alicyclic amines) is 1. The number of nitrogens with zero attached hydrogens (tertiary/aromatic N) is 1. The Morgan fingerprint density at radius 3 is 2.90 bits per heavy atom. The van der Waals surface area contributed by atoms with Gasteiger partial charge in [-0.15, -0.1) is 0 Å². The summed E-state index contributed by atoms with van der Waals surface area (Å²) in [6.07, 6.45) is 4.83. The SMILES string of the molecule is COC1CN(CCC2CCCC2(N)C(=O)O)CCC1C. The number of nitrogens with two attached hydrogens (primary N) is 1. The summed E-state index contributed by atoms with van der Waals surface area (Å²) in [4.78, 5) is 13.8. The molecule has 1 saturated heterocycles. The topological polar surface area (TPSA) is 75.8 Å². The maximum atomic E-state index is 11.4. The van der Waals surface area contributed by atoms with Crippen LogP contribution in [-0.4, -0.2) is 54.4 Å². The van der Waals surface area contributed by atoms with Gasteiger partial charge in [-0.3, -0.25) is 4.79 Å². The number of ether oxygens (including phenoxy) is 1. The van der Waals surface area contributed by atoms with Gasteiger partial charge in [-0.25, -0.2) is 0 Å². The van der Waals surface area contributed by atoms with Crippen molar-refractivity contribution in [2.24, 2.45) is 17.6 Å². The van der Waals surface area contributed by atoms with Crippen LogP contribution in [0.4, 0.5) is 0 Å². The molecular formula is C15H28N2O3. The van der Waals surface area contributed by atoms with Crippen molar-refractivity contribution in [3.05, 3.63) is 0 Å². The Balaban J connectivity index is 1.85. The van der Waals surface area contributed by atoms with Crippen LogP contribution in [0.15, 0.2) is 0 Å². The second-order valence-electron chi connectivity index (χ2n) is 6.56. The minimum atomic E-state index is -0.996. The number of hydrogen-bond acceptors (Lipinski definition) is 4. The third-order valence-electron chi connectivity index (χ3n) is 5.34. The summed E-state index contributed by atoms with van der Waals surface area (Å²) in [5.74, 6) is -0.113. The third-order valence-corrected chi connectivity index (χ3v) is 5.34. The Bertz CT molecular complexity index is 350. The largest absolute Gasteiger partial charge is 0.480 e. The summed E-state index contributed by atoms with van der Waals surface area (Å²) in [6.45, 7) is 5.20. The Morgan fingerprint density at radius 2 is 2.25 bits per heavy atom. The van der Waals surface area contributed by atoms with Crippen LogP contribution in [0.5, 0.6) is 0 Å². The standard InChI is InChI=1S/C15H28N2O3/c1-11-5-8-17(10-13(11)20-2)9-6-12-4-3-7-15(12,16)14(18)19/h11-13H,3-10,16H2,1-2H3,(H,18,19). The summed E-state index contributed by atoms with van der Waals surface area (Å²) >= 11 is 0. The second kappa shape index (κ2) is 6.41. The molecule has 2 fully saturated rings. The lowest BCUT2D eigenvalue weighted by molar-refractivity contribution is -0.145. The molecule has 0 spiro atoms. The minimum absolute atomic E-state index is 0.111. The first-order valence-electron chi connectivity index (χ1n) is 7.74. The van der Waals surface area contributed by atoms with Crippen LogP contribution in [0.1, 0.15) is 39.0 Å². The molecule has 2 rings (SSSR count). The van der Waals surface area contributed by atoms with Gasteiger partial charge in [0, 0.05) is 13.7 Å². The van der Waals surface area contributed by atoms with E-state index in [0.29, 0.717) is 18.4 Å². The molecule has 116 valence electrons. The first kappa shape index (κ1) is 15.7. The van der Waals surface area contributed by atoms with E-state index in [9.17, 15) is 9.90 Å². The van der Waals surface area contributed by atoms with Gasteiger partial charge in [-0.05, 0) is 50.6 Å². The lowest BCUT2D eigenvalue weighted by atomic mass is 9.85. The van der Waals surface area contributed by atoms with Crippen LogP contribution < -0.4 is 5.73 Å². The molecule has 20 heavy (non-hydrogen) atoms. The molecule has 1 aliphatic carbocycles. The highest BCUT2D eigenvalue weighted by Gasteiger charge is 2.45. The Hall–Kier alpha value is -0.650. The van der Waals surface area contributed by atoms with E-state index in [4.69, 9.17) is 10.5 Å². The fraction of sp³-hybridized carbons (Fsp3) is 0.933. The molecule has 1 aliphatic heterocycles. The summed E-state index contributed by atoms with van der Waals surface area (Å²) < 4.78 is 5.52. The summed E-state index contributed by atoms with van der Waals surface area (Å²) in [5, 5.41) is 9.34. The number of carboxylic acid groups (broad SMARTS) is 1. The zero-order valence-corrected chi connectivity index (χ0v) is 12.7. The third kappa shape index (κ3) is 3.15. The molecule has 5 heteroatoms. The van der Waals surface area contributed by atoms with Crippen molar-refractivity contribution in [1.29, 1.82) is 0 Å². The van der Waals surface area contributed by atoms with Crippen molar-refractivity contribution in [1.82, 2.24) is 4.90 Å². The molecule has 0 aromatic rings. The molecule has 0 aromatic carbocycles. The predicted octanol–water partition coefficient (Wildman–Crippen LogP) is 1.32. The highest BCUT2D eigenvalue weighted by atomic mass is 16.5. The molecule has 1 saturated carbocycles. The number of carbonyl (C=O) groups is 1. The Kier molecular flexibility index (Phi) is 5.04. The van der Waals surface area contributed by atoms with Gasteiger partial charge < -0.3 is 20.5 Å². The van der Waals surface area contributed by atoms with Gasteiger partial charge in [0.25, 0.3) is 0 Å². The van der Waals surface area contributed by atoms with Gasteiger partial charge in [0.1, 0.15) is 5.54 Å². The van der Waals surface area contributed by atoms with Crippen molar-refractivity contribution >= 4 is 5.97 Å². The average molecular weight is 284 g/mol. The van der Waals surface area contributed by atoms with Gasteiger partial charge in [0.15, 0.2) is 0 Å². The number of piperidine rings is 1. The lowest BCUT2D eigenvalue weighted by Gasteiger charge is -2.37. The summed E-state index contributed by atoms with van der Waals surface area (Å²) in [7, 11) is 1.77. The van der Waals surface area contributed by atoms with Crippen LogP contribution >= 0.6 is 0 Å². The van der Waals surface area contributed by atoms with Gasteiger partial charge in [0.2, 0.25) is 0 Å². The van der Waals surface area contributed by atoms with E-state index in [1.165, 1.54) is 0 Å². The van der Waals surface area contributed by atoms with E-state index in [1.807, 2.05) is 0 Å². The highest BCUT2D eigenvalue weighted by molar-refractivity contribution is 5.79. The molecule has 0 aromatic heterocycles. The van der Waals surface area contributed by atoms with Crippen LogP contribution in [-0.2, 0) is 9.53 Å². The zero-order chi connectivity index (χ0) is 14.8. The number of carboxylic acids is 1. The molecule has 0 bridgehead atoms. The average Bonchev–Trinajstić information content (AvgIpc) is 2.80. The lowest BCUT2D eigenvalue weighted by Crippen LogP contribution is -2.52. The first-order valence-corrected chi connectivity index (χ1v) is 7.74. The van der Waals surface area contributed by atoms with Crippen molar-refractivity contribution < 1.29 is 14.6 Å². The van der Waals surface area contributed by atoms with Crippen molar-refractivity contribution in [3.63, 3.8) is 0 Å². The van der Waals surface area contributed by atoms with Gasteiger partial charge >= 0.3 is 5.97 Å². The van der Waals surface area contributed by atoms with E-state index >= 15 is 0 Å². The minimum Gasteiger partial charge on any atom is -0.480 e. The zero-order valence-electron chi connectivity index (χ0n) is 12.7. The molecule has 0 amide bonds. The van der Waals surface area contributed by atoms with Gasteiger partial charge in [-0.2, -0.15) is 0 Å². The predicted molar refractivity (Wildman–Crippen MR) is 77.5 cm³/mol. The highest BCUT2D eigenvalue weighted by Crippen LogP contribution is 2.36. The quantitative estimate of drug-likeness (QED) is 0.796. The van der Waals surface area contributed by atoms with Crippen LogP contribution in [0.25, 0.3) is 0 Å².